The van der Waals surface area contributed by atoms with Gasteiger partial charge in [-0.2, -0.15) is 0 Å². The van der Waals surface area contributed by atoms with Crippen molar-refractivity contribution in [1.29, 1.82) is 0 Å². The number of aliphatic hydroxyl groups is 1. The highest BCUT2D eigenvalue weighted by molar-refractivity contribution is 6.32. The van der Waals surface area contributed by atoms with Gasteiger partial charge in [0.25, 0.3) is 0 Å². The second-order valence-corrected chi connectivity index (χ2v) is 4.65. The van der Waals surface area contributed by atoms with E-state index in [0.29, 0.717) is 35.4 Å². The highest BCUT2D eigenvalue weighted by Crippen LogP contribution is 2.32. The van der Waals surface area contributed by atoms with Gasteiger partial charge in [-0.15, -0.1) is 0 Å². The average molecular weight is 312 g/mol. The summed E-state index contributed by atoms with van der Waals surface area (Å²) in [6.07, 6.45) is 1.65. The first kappa shape index (κ1) is 17.0. The Morgan fingerprint density at radius 1 is 1.43 bits per heavy atom. The van der Waals surface area contributed by atoms with E-state index in [1.54, 1.807) is 26.0 Å². The Bertz CT molecular complexity index is 569. The lowest BCUT2D eigenvalue weighted by Gasteiger charge is -2.24. The van der Waals surface area contributed by atoms with Gasteiger partial charge in [-0.05, 0) is 37.5 Å². The van der Waals surface area contributed by atoms with Gasteiger partial charge in [-0.1, -0.05) is 24.6 Å². The van der Waals surface area contributed by atoms with Gasteiger partial charge in [0.05, 0.1) is 12.3 Å². The number of hydrogen-bond acceptors (Lipinski definition) is 4. The molecule has 1 aromatic rings. The summed E-state index contributed by atoms with van der Waals surface area (Å²) < 4.78 is 4.84. The third-order valence-corrected chi connectivity index (χ3v) is 3.45. The van der Waals surface area contributed by atoms with Gasteiger partial charge >= 0.3 is 5.97 Å². The Kier molecular flexibility index (Phi) is 6.24. The van der Waals surface area contributed by atoms with Crippen LogP contribution in [0.4, 0.5) is 5.69 Å². The van der Waals surface area contributed by atoms with Crippen molar-refractivity contribution in [3.63, 3.8) is 0 Å². The number of rotatable bonds is 6. The van der Waals surface area contributed by atoms with E-state index >= 15 is 0 Å². The van der Waals surface area contributed by atoms with E-state index in [4.69, 9.17) is 16.3 Å². The average Bonchev–Trinajstić information content (AvgIpc) is 2.48. The summed E-state index contributed by atoms with van der Waals surface area (Å²) in [6, 6.07) is 3.51. The standard InChI is InChI=1S/C15H18ClNO4/c1-4-11-6-7-12(16)10(3)14(11)17(9-19)13(8-18)15(20)21-5-2/h6-9,18H,4-5H2,1-3H3/b13-8+. The Hall–Kier alpha value is -2.01. The second kappa shape index (κ2) is 7.69. The SMILES string of the molecule is CCOC(=O)/C(=C\O)N(C=O)c1c(CC)ccc(Cl)c1C. The van der Waals surface area contributed by atoms with Gasteiger partial charge in [0.15, 0.2) is 5.70 Å². The molecule has 21 heavy (non-hydrogen) atoms. The summed E-state index contributed by atoms with van der Waals surface area (Å²) in [6.45, 7) is 5.44. The summed E-state index contributed by atoms with van der Waals surface area (Å²) >= 11 is 6.09. The Morgan fingerprint density at radius 3 is 2.57 bits per heavy atom. The Labute approximate surface area is 128 Å². The molecule has 0 aromatic heterocycles. The van der Waals surface area contributed by atoms with Crippen LogP contribution in [-0.4, -0.2) is 24.1 Å². The fraction of sp³-hybridized carbons (Fsp3) is 0.333. The molecular formula is C15H18ClNO4. The molecule has 0 aliphatic rings. The lowest BCUT2D eigenvalue weighted by Crippen LogP contribution is -2.29. The van der Waals surface area contributed by atoms with Gasteiger partial charge < -0.3 is 9.84 Å². The highest BCUT2D eigenvalue weighted by atomic mass is 35.5. The van der Waals surface area contributed by atoms with Crippen LogP contribution in [0.15, 0.2) is 24.1 Å². The molecule has 0 fully saturated rings. The number of hydrogen-bond donors (Lipinski definition) is 1. The third-order valence-electron chi connectivity index (χ3n) is 3.04. The van der Waals surface area contributed by atoms with Crippen LogP contribution in [0, 0.1) is 6.92 Å². The quantitative estimate of drug-likeness (QED) is 0.379. The second-order valence-electron chi connectivity index (χ2n) is 4.24. The number of carbonyl (C=O) groups is 2. The maximum atomic E-state index is 11.9. The van der Waals surface area contributed by atoms with E-state index in [0.717, 1.165) is 10.5 Å². The van der Waals surface area contributed by atoms with Crippen LogP contribution in [0.1, 0.15) is 25.0 Å². The van der Waals surface area contributed by atoms with Crippen LogP contribution in [0.3, 0.4) is 0 Å². The zero-order valence-corrected chi connectivity index (χ0v) is 13.0. The first-order valence-electron chi connectivity index (χ1n) is 6.55. The fourth-order valence-corrected chi connectivity index (χ4v) is 2.15. The molecule has 0 heterocycles. The van der Waals surface area contributed by atoms with Crippen LogP contribution in [0.2, 0.25) is 5.02 Å². The number of carbonyl (C=O) groups excluding carboxylic acids is 2. The summed E-state index contributed by atoms with van der Waals surface area (Å²) in [5.41, 5.74) is 1.69. The predicted molar refractivity (Wildman–Crippen MR) is 81.5 cm³/mol. The van der Waals surface area contributed by atoms with Crippen molar-refractivity contribution in [1.82, 2.24) is 0 Å². The van der Waals surface area contributed by atoms with Gasteiger partial charge in [-0.3, -0.25) is 9.69 Å². The number of nitrogens with zero attached hydrogens (tertiary/aromatic N) is 1. The first-order chi connectivity index (χ1) is 10.0. The molecule has 6 heteroatoms. The first-order valence-corrected chi connectivity index (χ1v) is 6.93. The molecule has 1 amide bonds. The van der Waals surface area contributed by atoms with E-state index in [1.165, 1.54) is 0 Å². The van der Waals surface area contributed by atoms with Crippen molar-refractivity contribution in [3.8, 4) is 0 Å². The van der Waals surface area contributed by atoms with Crippen LogP contribution >= 0.6 is 11.6 Å². The molecule has 0 atom stereocenters. The molecule has 1 N–H and O–H groups in total. The van der Waals surface area contributed by atoms with E-state index in [1.807, 2.05) is 6.92 Å². The molecule has 0 saturated carbocycles. The molecule has 5 nitrogen and oxygen atoms in total. The summed E-state index contributed by atoms with van der Waals surface area (Å²) in [4.78, 5) is 24.4. The van der Waals surface area contributed by atoms with E-state index < -0.39 is 5.97 Å². The Morgan fingerprint density at radius 2 is 2.10 bits per heavy atom. The number of esters is 1. The molecule has 0 saturated heterocycles. The molecule has 114 valence electrons. The maximum Gasteiger partial charge on any atom is 0.358 e. The molecular weight excluding hydrogens is 294 g/mol. The third kappa shape index (κ3) is 3.55. The number of benzene rings is 1. The van der Waals surface area contributed by atoms with Crippen LogP contribution in [0.25, 0.3) is 0 Å². The predicted octanol–water partition coefficient (Wildman–Crippen LogP) is 3.14. The fourth-order valence-electron chi connectivity index (χ4n) is 2.00. The van der Waals surface area contributed by atoms with Crippen molar-refractivity contribution in [2.75, 3.05) is 11.5 Å². The Balaban J connectivity index is 3.43. The van der Waals surface area contributed by atoms with Crippen molar-refractivity contribution >= 4 is 29.7 Å². The molecule has 1 aromatic carbocycles. The summed E-state index contributed by atoms with van der Waals surface area (Å²) in [5, 5.41) is 9.78. The lowest BCUT2D eigenvalue weighted by atomic mass is 10.0. The number of amides is 1. The lowest BCUT2D eigenvalue weighted by molar-refractivity contribution is -0.139. The normalized spacial score (nSPS) is 11.1. The van der Waals surface area contributed by atoms with Crippen LogP contribution in [0.5, 0.6) is 0 Å². The molecule has 0 aliphatic carbocycles. The van der Waals surface area contributed by atoms with Gasteiger partial charge in [0, 0.05) is 5.02 Å². The zero-order valence-electron chi connectivity index (χ0n) is 12.2. The number of anilines is 1. The number of aryl methyl sites for hydroxylation is 1. The van der Waals surface area contributed by atoms with Crippen molar-refractivity contribution in [3.05, 3.63) is 40.2 Å². The van der Waals surface area contributed by atoms with Gasteiger partial charge in [0.1, 0.15) is 6.26 Å². The molecule has 0 radical (unpaired) electrons. The van der Waals surface area contributed by atoms with Crippen LogP contribution < -0.4 is 4.90 Å². The molecule has 1 rings (SSSR count). The van der Waals surface area contributed by atoms with Crippen molar-refractivity contribution in [2.45, 2.75) is 27.2 Å². The summed E-state index contributed by atoms with van der Waals surface area (Å²) in [5.74, 6) is -0.784. The number of aliphatic hydroxyl groups excluding tert-OH is 1. The maximum absolute atomic E-state index is 11.9. The number of halogens is 1. The molecule has 0 bridgehead atoms. The minimum atomic E-state index is -0.784. The topological polar surface area (TPSA) is 66.8 Å². The van der Waals surface area contributed by atoms with E-state index in [2.05, 4.69) is 0 Å². The van der Waals surface area contributed by atoms with Gasteiger partial charge in [0.2, 0.25) is 6.41 Å². The van der Waals surface area contributed by atoms with E-state index in [-0.39, 0.29) is 12.3 Å². The van der Waals surface area contributed by atoms with Crippen molar-refractivity contribution < 1.29 is 19.4 Å². The summed E-state index contributed by atoms with van der Waals surface area (Å²) in [7, 11) is 0. The molecule has 0 spiro atoms. The highest BCUT2D eigenvalue weighted by Gasteiger charge is 2.24. The van der Waals surface area contributed by atoms with Gasteiger partial charge in [-0.25, -0.2) is 4.79 Å². The minimum absolute atomic E-state index is 0.137. The smallest absolute Gasteiger partial charge is 0.358 e. The van der Waals surface area contributed by atoms with Crippen LogP contribution in [-0.2, 0) is 20.7 Å². The monoisotopic (exact) mass is 311 g/mol. The number of ether oxygens (including phenoxy) is 1. The molecule has 0 unspecified atom stereocenters. The molecule has 0 aliphatic heterocycles. The minimum Gasteiger partial charge on any atom is -0.513 e. The largest absolute Gasteiger partial charge is 0.513 e. The zero-order chi connectivity index (χ0) is 16.0. The van der Waals surface area contributed by atoms with Crippen molar-refractivity contribution in [2.24, 2.45) is 0 Å². The van der Waals surface area contributed by atoms with E-state index in [9.17, 15) is 14.7 Å².